The van der Waals surface area contributed by atoms with Gasteiger partial charge in [-0.3, -0.25) is 4.90 Å². The Labute approximate surface area is 168 Å². The van der Waals surface area contributed by atoms with Gasteiger partial charge < -0.3 is 9.47 Å². The summed E-state index contributed by atoms with van der Waals surface area (Å²) >= 11 is 12.4. The van der Waals surface area contributed by atoms with Crippen LogP contribution in [0.2, 0.25) is 10.0 Å². The minimum Gasteiger partial charge on any atom is -0.381 e. The summed E-state index contributed by atoms with van der Waals surface area (Å²) < 4.78 is 13.7. The van der Waals surface area contributed by atoms with Gasteiger partial charge in [0, 0.05) is 43.4 Å². The van der Waals surface area contributed by atoms with Crippen LogP contribution in [0.3, 0.4) is 0 Å². The van der Waals surface area contributed by atoms with E-state index in [-0.39, 0.29) is 12.1 Å². The molecule has 144 valence electrons. The van der Waals surface area contributed by atoms with Gasteiger partial charge in [0.25, 0.3) is 0 Å². The minimum atomic E-state index is 0.174. The molecule has 0 amide bonds. The third-order valence-electron chi connectivity index (χ3n) is 5.90. The van der Waals surface area contributed by atoms with Gasteiger partial charge in [0.1, 0.15) is 5.69 Å². The first-order valence-electron chi connectivity index (χ1n) is 9.50. The number of fused-ring (bicyclic) bond motifs is 3. The van der Waals surface area contributed by atoms with Crippen LogP contribution in [-0.2, 0) is 16.1 Å². The summed E-state index contributed by atoms with van der Waals surface area (Å²) in [7, 11) is 0. The van der Waals surface area contributed by atoms with E-state index in [2.05, 4.69) is 19.9 Å². The molecule has 4 heterocycles. The van der Waals surface area contributed by atoms with Gasteiger partial charge in [0.15, 0.2) is 0 Å². The van der Waals surface area contributed by atoms with E-state index in [0.29, 0.717) is 16.7 Å². The Hall–Kier alpha value is -1.18. The summed E-state index contributed by atoms with van der Waals surface area (Å²) in [4.78, 5) is 2.51. The predicted octanol–water partition coefficient (Wildman–Crippen LogP) is 3.43. The van der Waals surface area contributed by atoms with Gasteiger partial charge in [0.2, 0.25) is 0 Å². The lowest BCUT2D eigenvalue weighted by atomic mass is 10.00. The van der Waals surface area contributed by atoms with Gasteiger partial charge in [-0.1, -0.05) is 28.4 Å². The highest BCUT2D eigenvalue weighted by Gasteiger charge is 2.41. The smallest absolute Gasteiger partial charge is 0.120 e. The van der Waals surface area contributed by atoms with E-state index in [4.69, 9.17) is 32.7 Å². The maximum Gasteiger partial charge on any atom is 0.120 e. The summed E-state index contributed by atoms with van der Waals surface area (Å²) in [6.07, 6.45) is 2.48. The molecule has 2 saturated heterocycles. The lowest BCUT2D eigenvalue weighted by molar-refractivity contribution is -0.00571. The van der Waals surface area contributed by atoms with Crippen molar-refractivity contribution in [3.63, 3.8) is 0 Å². The van der Waals surface area contributed by atoms with E-state index in [1.165, 1.54) is 0 Å². The molecule has 6 nitrogen and oxygen atoms in total. The second kappa shape index (κ2) is 7.33. The Balaban J connectivity index is 1.36. The van der Waals surface area contributed by atoms with Crippen LogP contribution < -0.4 is 0 Å². The Morgan fingerprint density at radius 1 is 1.15 bits per heavy atom. The first-order valence-corrected chi connectivity index (χ1v) is 10.3. The van der Waals surface area contributed by atoms with E-state index >= 15 is 0 Å². The van der Waals surface area contributed by atoms with Crippen molar-refractivity contribution < 1.29 is 9.47 Å². The number of rotatable bonds is 3. The molecular formula is C19H22Cl2N4O2. The number of halogens is 2. The normalized spacial score (nSPS) is 26.1. The molecule has 2 fully saturated rings. The number of nitrogens with zero attached hydrogens (tertiary/aromatic N) is 4. The van der Waals surface area contributed by atoms with Crippen molar-refractivity contribution in [1.29, 1.82) is 0 Å². The number of likely N-dealkylation sites (tertiary alicyclic amines) is 1. The second-order valence-electron chi connectivity index (χ2n) is 7.64. The molecule has 8 heteroatoms. The monoisotopic (exact) mass is 408 g/mol. The van der Waals surface area contributed by atoms with E-state index in [1.54, 1.807) is 6.07 Å². The molecule has 0 N–H and O–H groups in total. The standard InChI is InChI=1S/C19H22Cl2N4O2/c20-13-1-2-14(15(21)7-13)19-17-11-27-18-10-24(8-12-3-5-26-6-4-12)9-16(18)25(17)23-22-19/h1-2,7,12,16,18H,3-6,8-11H2/t16-,18-/m0/s1. The third kappa shape index (κ3) is 3.38. The van der Waals surface area contributed by atoms with Crippen LogP contribution in [0.5, 0.6) is 0 Å². The Morgan fingerprint density at radius 3 is 2.81 bits per heavy atom. The van der Waals surface area contributed by atoms with Gasteiger partial charge in [-0.15, -0.1) is 5.10 Å². The average Bonchev–Trinajstić information content (AvgIpc) is 3.26. The van der Waals surface area contributed by atoms with Crippen molar-refractivity contribution in [2.45, 2.75) is 31.6 Å². The fraction of sp³-hybridized carbons (Fsp3) is 0.579. The van der Waals surface area contributed by atoms with E-state index in [0.717, 1.165) is 68.6 Å². The van der Waals surface area contributed by atoms with Crippen molar-refractivity contribution in [2.75, 3.05) is 32.8 Å². The molecule has 0 saturated carbocycles. The zero-order valence-corrected chi connectivity index (χ0v) is 16.5. The zero-order valence-electron chi connectivity index (χ0n) is 15.0. The van der Waals surface area contributed by atoms with Gasteiger partial charge in [-0.25, -0.2) is 4.68 Å². The molecule has 0 bridgehead atoms. The number of hydrogen-bond acceptors (Lipinski definition) is 5. The van der Waals surface area contributed by atoms with Gasteiger partial charge in [-0.05, 0) is 37.0 Å². The first kappa shape index (κ1) is 17.9. The van der Waals surface area contributed by atoms with Crippen molar-refractivity contribution in [2.24, 2.45) is 5.92 Å². The van der Waals surface area contributed by atoms with Crippen LogP contribution in [0, 0.1) is 5.92 Å². The maximum absolute atomic E-state index is 6.39. The Morgan fingerprint density at radius 2 is 2.00 bits per heavy atom. The lowest BCUT2D eigenvalue weighted by Gasteiger charge is -2.26. The quantitative estimate of drug-likeness (QED) is 0.778. The molecule has 1 aromatic heterocycles. The SMILES string of the molecule is Clc1ccc(-c2nnn3c2CO[C@H]2CN(CC4CCOCC4)C[C@@H]23)c(Cl)c1. The van der Waals surface area contributed by atoms with Crippen molar-refractivity contribution in [3.05, 3.63) is 33.9 Å². The molecule has 0 spiro atoms. The molecule has 0 radical (unpaired) electrons. The third-order valence-corrected chi connectivity index (χ3v) is 6.44. The van der Waals surface area contributed by atoms with Crippen molar-refractivity contribution in [1.82, 2.24) is 19.9 Å². The van der Waals surface area contributed by atoms with Crippen molar-refractivity contribution >= 4 is 23.2 Å². The lowest BCUT2D eigenvalue weighted by Crippen LogP contribution is -2.32. The maximum atomic E-state index is 6.39. The van der Waals surface area contributed by atoms with Crippen LogP contribution >= 0.6 is 23.2 Å². The second-order valence-corrected chi connectivity index (χ2v) is 8.49. The Kier molecular flexibility index (Phi) is 4.86. The Bertz CT molecular complexity index is 837. The van der Waals surface area contributed by atoms with Crippen molar-refractivity contribution in [3.8, 4) is 11.3 Å². The average molecular weight is 409 g/mol. The fourth-order valence-corrected chi connectivity index (χ4v) is 4.96. The molecule has 2 aromatic rings. The molecule has 2 atom stereocenters. The molecule has 27 heavy (non-hydrogen) atoms. The largest absolute Gasteiger partial charge is 0.381 e. The minimum absolute atomic E-state index is 0.174. The summed E-state index contributed by atoms with van der Waals surface area (Å²) in [5, 5.41) is 10.1. The van der Waals surface area contributed by atoms with Crippen LogP contribution in [0.1, 0.15) is 24.6 Å². The molecule has 1 aromatic carbocycles. The highest BCUT2D eigenvalue weighted by Crippen LogP contribution is 2.37. The van der Waals surface area contributed by atoms with Gasteiger partial charge in [0.05, 0.1) is 29.5 Å². The molecule has 5 rings (SSSR count). The fourth-order valence-electron chi connectivity index (χ4n) is 4.47. The number of hydrogen-bond donors (Lipinski definition) is 0. The van der Waals surface area contributed by atoms with Crippen LogP contribution in [0.15, 0.2) is 18.2 Å². The first-order chi connectivity index (χ1) is 13.2. The van der Waals surface area contributed by atoms with E-state index in [9.17, 15) is 0 Å². The molecule has 3 aliphatic heterocycles. The predicted molar refractivity (Wildman–Crippen MR) is 103 cm³/mol. The highest BCUT2D eigenvalue weighted by atomic mass is 35.5. The van der Waals surface area contributed by atoms with Crippen LogP contribution in [-0.4, -0.2) is 58.8 Å². The molecular weight excluding hydrogens is 387 g/mol. The number of aromatic nitrogens is 3. The summed E-state index contributed by atoms with van der Waals surface area (Å²) in [6.45, 7) is 5.30. The summed E-state index contributed by atoms with van der Waals surface area (Å²) in [6, 6.07) is 5.67. The van der Waals surface area contributed by atoms with Crippen LogP contribution in [0.25, 0.3) is 11.3 Å². The molecule has 3 aliphatic rings. The number of benzene rings is 1. The van der Waals surface area contributed by atoms with Gasteiger partial charge in [-0.2, -0.15) is 0 Å². The van der Waals surface area contributed by atoms with Crippen LogP contribution in [0.4, 0.5) is 0 Å². The number of ether oxygens (including phenoxy) is 2. The molecule has 0 unspecified atom stereocenters. The summed E-state index contributed by atoms with van der Waals surface area (Å²) in [5.41, 5.74) is 2.63. The van der Waals surface area contributed by atoms with E-state index < -0.39 is 0 Å². The van der Waals surface area contributed by atoms with E-state index in [1.807, 2.05) is 12.1 Å². The molecule has 0 aliphatic carbocycles. The van der Waals surface area contributed by atoms with Gasteiger partial charge >= 0.3 is 0 Å². The zero-order chi connectivity index (χ0) is 18.4. The highest BCUT2D eigenvalue weighted by molar-refractivity contribution is 6.36. The topological polar surface area (TPSA) is 52.4 Å². The summed E-state index contributed by atoms with van der Waals surface area (Å²) in [5.74, 6) is 0.720.